The Morgan fingerprint density at radius 3 is 1.26 bits per heavy atom. The molecule has 206 valence electrons. The van der Waals surface area contributed by atoms with Crippen molar-refractivity contribution in [2.24, 2.45) is 10.8 Å². The fraction of sp³-hybridized carbons (Fsp3) is 0.529. The molecule has 0 unspecified atom stereocenters. The number of carbonyl (C=O) groups excluding carboxylic acids is 2. The van der Waals surface area contributed by atoms with Gasteiger partial charge in [0, 0.05) is 47.7 Å². The number of allylic oxidation sites excluding steroid dienone is 4. The second-order valence-corrected chi connectivity index (χ2v) is 14.1. The first-order valence-corrected chi connectivity index (χ1v) is 13.9. The monoisotopic (exact) mass is 516 g/mol. The van der Waals surface area contributed by atoms with Gasteiger partial charge in [0.1, 0.15) is 0 Å². The van der Waals surface area contributed by atoms with Crippen LogP contribution in [-0.2, 0) is 9.59 Å². The number of hydrogen-bond acceptors (Lipinski definition) is 4. The van der Waals surface area contributed by atoms with E-state index in [2.05, 4.69) is 91.4 Å². The molecule has 0 bridgehead atoms. The summed E-state index contributed by atoms with van der Waals surface area (Å²) in [6, 6.07) is 7.95. The highest BCUT2D eigenvalue weighted by Crippen LogP contribution is 2.38. The molecule has 3 rings (SSSR count). The van der Waals surface area contributed by atoms with Crippen molar-refractivity contribution in [3.63, 3.8) is 0 Å². The average molecular weight is 517 g/mol. The van der Waals surface area contributed by atoms with Crippen LogP contribution < -0.4 is 0 Å². The summed E-state index contributed by atoms with van der Waals surface area (Å²) in [5, 5.41) is 0. The summed E-state index contributed by atoms with van der Waals surface area (Å²) >= 11 is 0. The Morgan fingerprint density at radius 2 is 0.974 bits per heavy atom. The van der Waals surface area contributed by atoms with Crippen molar-refractivity contribution < 1.29 is 9.59 Å². The zero-order valence-corrected chi connectivity index (χ0v) is 25.3. The van der Waals surface area contributed by atoms with Crippen LogP contribution in [0, 0.1) is 10.8 Å². The van der Waals surface area contributed by atoms with Crippen LogP contribution in [0.3, 0.4) is 0 Å². The topological polar surface area (TPSA) is 40.6 Å². The highest BCUT2D eigenvalue weighted by Gasteiger charge is 2.35. The minimum atomic E-state index is -0.142. The maximum atomic E-state index is 13.2. The van der Waals surface area contributed by atoms with Gasteiger partial charge in [-0.1, -0.05) is 64.1 Å². The molecule has 0 saturated heterocycles. The van der Waals surface area contributed by atoms with E-state index in [1.807, 2.05) is 36.4 Å². The molecule has 0 aliphatic carbocycles. The van der Waals surface area contributed by atoms with Crippen molar-refractivity contribution in [2.75, 3.05) is 13.1 Å². The summed E-state index contributed by atoms with van der Waals surface area (Å²) < 4.78 is 0. The van der Waals surface area contributed by atoms with E-state index in [1.54, 1.807) is 12.2 Å². The van der Waals surface area contributed by atoms with Gasteiger partial charge < -0.3 is 9.80 Å². The second-order valence-electron chi connectivity index (χ2n) is 14.1. The number of hydrogen-bond donors (Lipinski definition) is 0. The Labute approximate surface area is 231 Å². The van der Waals surface area contributed by atoms with E-state index in [-0.39, 0.29) is 33.5 Å². The Bertz CT molecular complexity index is 1070. The van der Waals surface area contributed by atoms with Gasteiger partial charge in [-0.3, -0.25) is 9.59 Å². The van der Waals surface area contributed by atoms with Crippen molar-refractivity contribution in [3.8, 4) is 0 Å². The first-order chi connectivity index (χ1) is 17.4. The van der Waals surface area contributed by atoms with Crippen molar-refractivity contribution in [2.45, 2.75) is 93.2 Å². The van der Waals surface area contributed by atoms with E-state index in [0.717, 1.165) is 48.2 Å². The molecule has 1 aromatic carbocycles. The number of rotatable bonds is 6. The Morgan fingerprint density at radius 1 is 0.658 bits per heavy atom. The fourth-order valence-electron chi connectivity index (χ4n) is 4.95. The lowest BCUT2D eigenvalue weighted by Gasteiger charge is -2.43. The SMILES string of the molecule is CC1(C)CCN(C(C)(C)C)C=C1C(=O)C=Cc1ccc(C=CC(=O)C2=CN(C(C)(C)C)CCC2(C)C)cc1. The predicted molar refractivity (Wildman–Crippen MR) is 160 cm³/mol. The highest BCUT2D eigenvalue weighted by atomic mass is 16.1. The van der Waals surface area contributed by atoms with Crippen LogP contribution >= 0.6 is 0 Å². The molecule has 0 saturated carbocycles. The van der Waals surface area contributed by atoms with Gasteiger partial charge in [-0.05, 0) is 88.5 Å². The molecule has 4 nitrogen and oxygen atoms in total. The van der Waals surface area contributed by atoms with Crippen LogP contribution in [0.2, 0.25) is 0 Å². The standard InChI is InChI=1S/C34H48N2O2/c1-31(2,3)35-21-19-33(7,8)27(23-35)29(37)17-15-25-11-13-26(14-12-25)16-18-30(38)28-24-36(32(4,5)6)22-20-34(28,9)10/h11-18,23-24H,19-22H2,1-10H3. The third-order valence-electron chi connectivity index (χ3n) is 8.03. The molecule has 0 spiro atoms. The van der Waals surface area contributed by atoms with Gasteiger partial charge in [-0.2, -0.15) is 0 Å². The number of nitrogens with zero attached hydrogens (tertiary/aromatic N) is 2. The van der Waals surface area contributed by atoms with Crippen LogP contribution in [0.25, 0.3) is 12.2 Å². The summed E-state index contributed by atoms with van der Waals surface area (Å²) in [5.41, 5.74) is 3.34. The van der Waals surface area contributed by atoms with E-state index >= 15 is 0 Å². The van der Waals surface area contributed by atoms with E-state index in [1.165, 1.54) is 0 Å². The molecule has 2 aliphatic heterocycles. The lowest BCUT2D eigenvalue weighted by Crippen LogP contribution is -2.44. The van der Waals surface area contributed by atoms with Crippen LogP contribution in [0.5, 0.6) is 0 Å². The van der Waals surface area contributed by atoms with Gasteiger partial charge in [-0.25, -0.2) is 0 Å². The van der Waals surface area contributed by atoms with Gasteiger partial charge in [-0.15, -0.1) is 0 Å². The van der Waals surface area contributed by atoms with Crippen LogP contribution in [0.4, 0.5) is 0 Å². The van der Waals surface area contributed by atoms with Crippen molar-refractivity contribution in [3.05, 3.63) is 71.1 Å². The number of ketones is 2. The van der Waals surface area contributed by atoms with Crippen molar-refractivity contribution >= 4 is 23.7 Å². The Balaban J connectivity index is 1.71. The Hall–Kier alpha value is -2.88. The first kappa shape index (κ1) is 29.7. The summed E-state index contributed by atoms with van der Waals surface area (Å²) in [7, 11) is 0. The largest absolute Gasteiger partial charge is 0.372 e. The van der Waals surface area contributed by atoms with Crippen LogP contribution in [-0.4, -0.2) is 45.5 Å². The number of benzene rings is 1. The first-order valence-electron chi connectivity index (χ1n) is 13.9. The smallest absolute Gasteiger partial charge is 0.183 e. The van der Waals surface area contributed by atoms with Crippen molar-refractivity contribution in [1.29, 1.82) is 0 Å². The molecule has 2 heterocycles. The molecular formula is C34H48N2O2. The average Bonchev–Trinajstić information content (AvgIpc) is 2.79. The molecule has 0 amide bonds. The lowest BCUT2D eigenvalue weighted by atomic mass is 9.76. The lowest BCUT2D eigenvalue weighted by molar-refractivity contribution is -0.113. The molecule has 4 heteroatoms. The van der Waals surface area contributed by atoms with Gasteiger partial charge >= 0.3 is 0 Å². The van der Waals surface area contributed by atoms with Gasteiger partial charge in [0.2, 0.25) is 0 Å². The summed E-state index contributed by atoms with van der Waals surface area (Å²) in [6.45, 7) is 23.6. The van der Waals surface area contributed by atoms with Crippen molar-refractivity contribution in [1.82, 2.24) is 9.80 Å². The van der Waals surface area contributed by atoms with Gasteiger partial charge in [0.05, 0.1) is 0 Å². The maximum absolute atomic E-state index is 13.2. The third kappa shape index (κ3) is 7.15. The molecule has 0 radical (unpaired) electrons. The highest BCUT2D eigenvalue weighted by molar-refractivity contribution is 6.08. The van der Waals surface area contributed by atoms with Gasteiger partial charge in [0.25, 0.3) is 0 Å². The zero-order chi connectivity index (χ0) is 28.5. The molecule has 2 aliphatic rings. The van der Waals surface area contributed by atoms with Gasteiger partial charge in [0.15, 0.2) is 11.6 Å². The fourth-order valence-corrected chi connectivity index (χ4v) is 4.95. The minimum Gasteiger partial charge on any atom is -0.372 e. The summed E-state index contributed by atoms with van der Waals surface area (Å²) in [4.78, 5) is 30.8. The molecule has 38 heavy (non-hydrogen) atoms. The maximum Gasteiger partial charge on any atom is 0.183 e. The quantitative estimate of drug-likeness (QED) is 0.364. The number of carbonyl (C=O) groups is 2. The molecule has 0 N–H and O–H groups in total. The van der Waals surface area contributed by atoms with E-state index < -0.39 is 0 Å². The van der Waals surface area contributed by atoms with E-state index in [0.29, 0.717) is 0 Å². The predicted octanol–water partition coefficient (Wildman–Crippen LogP) is 7.68. The molecule has 0 atom stereocenters. The molecule has 0 aromatic heterocycles. The second kappa shape index (κ2) is 10.7. The zero-order valence-electron chi connectivity index (χ0n) is 25.3. The molecular weight excluding hydrogens is 468 g/mol. The minimum absolute atomic E-state index is 0.00821. The van der Waals surface area contributed by atoms with E-state index in [4.69, 9.17) is 0 Å². The molecule has 1 aromatic rings. The normalized spacial score (nSPS) is 20.1. The van der Waals surface area contributed by atoms with E-state index in [9.17, 15) is 9.59 Å². The van der Waals surface area contributed by atoms with Crippen LogP contribution in [0.1, 0.15) is 93.2 Å². The molecule has 0 fully saturated rings. The third-order valence-corrected chi connectivity index (χ3v) is 8.03. The summed E-state index contributed by atoms with van der Waals surface area (Å²) in [5.74, 6) is 0.123. The Kier molecular flexibility index (Phi) is 8.36. The summed E-state index contributed by atoms with van der Waals surface area (Å²) in [6.07, 6.45) is 13.2. The van der Waals surface area contributed by atoms with Crippen LogP contribution in [0.15, 0.2) is 60.0 Å².